The van der Waals surface area contributed by atoms with Crippen LogP contribution in [-0.4, -0.2) is 103 Å². The maximum atomic E-state index is 14.1. The molecule has 2 fully saturated rings. The number of hydrogen-bond acceptors (Lipinski definition) is 7. The molecule has 258 valence electrons. The van der Waals surface area contributed by atoms with Gasteiger partial charge < -0.3 is 26.2 Å². The van der Waals surface area contributed by atoms with Crippen molar-refractivity contribution in [3.05, 3.63) is 0 Å². The van der Waals surface area contributed by atoms with Gasteiger partial charge in [0.25, 0.3) is 5.91 Å². The summed E-state index contributed by atoms with van der Waals surface area (Å²) in [5.74, 6) is -2.55. The van der Waals surface area contributed by atoms with E-state index in [9.17, 15) is 32.4 Å². The summed E-state index contributed by atoms with van der Waals surface area (Å²) in [6, 6.07) is -4.06. The summed E-state index contributed by atoms with van der Waals surface area (Å²) in [5, 5.41) is 11.0. The number of likely N-dealkylation sites (tertiary alicyclic amines) is 1. The standard InChI is InChI=1S/C31H56N6O7S/c1-10-13-21(24(38)27(40)32-15-11-2)33-26(39)23-20(3)14-17-37(23)28(41)25(31(7,8)9)35-29(42)34-22(30(4,5)6)19-36-16-12-18-45(36,43)44/h20-23,25H,10-19H2,1-9H3,(H,32,40)(H,33,39)(H2,34,35,42)/t20-,21?,22+,23-,25+/m0/s1. The number of urea groups is 1. The topological polar surface area (TPSA) is 174 Å². The lowest BCUT2D eigenvalue weighted by atomic mass is 9.85. The number of carbonyl (C=O) groups is 5. The first-order chi connectivity index (χ1) is 20.7. The van der Waals surface area contributed by atoms with Crippen molar-refractivity contribution in [2.45, 2.75) is 119 Å². The number of carbonyl (C=O) groups excluding carboxylic acids is 5. The van der Waals surface area contributed by atoms with Crippen LogP contribution in [0.15, 0.2) is 0 Å². The second kappa shape index (κ2) is 15.7. The van der Waals surface area contributed by atoms with E-state index in [2.05, 4.69) is 21.3 Å². The van der Waals surface area contributed by atoms with E-state index in [4.69, 9.17) is 0 Å². The molecule has 45 heavy (non-hydrogen) atoms. The molecule has 0 radical (unpaired) electrons. The SMILES string of the molecule is CCCNC(=O)C(=O)C(CCC)NC(=O)[C@@H]1[C@@H](C)CCN1C(=O)[C@@H](NC(=O)N[C@H](CN1CCCS1(=O)=O)C(C)(C)C)C(C)(C)C. The van der Waals surface area contributed by atoms with E-state index in [1.807, 2.05) is 62.3 Å². The van der Waals surface area contributed by atoms with Crippen LogP contribution in [0.25, 0.3) is 0 Å². The second-order valence-electron chi connectivity index (χ2n) is 14.6. The molecule has 2 rings (SSSR count). The average molecular weight is 657 g/mol. The highest BCUT2D eigenvalue weighted by Crippen LogP contribution is 2.30. The molecule has 0 saturated carbocycles. The van der Waals surface area contributed by atoms with Gasteiger partial charge in [0.15, 0.2) is 0 Å². The molecule has 0 aromatic carbocycles. The van der Waals surface area contributed by atoms with Gasteiger partial charge in [-0.2, -0.15) is 4.31 Å². The van der Waals surface area contributed by atoms with Gasteiger partial charge in [0.2, 0.25) is 27.6 Å². The van der Waals surface area contributed by atoms with Crippen LogP contribution in [0.5, 0.6) is 0 Å². The zero-order valence-corrected chi connectivity index (χ0v) is 29.4. The van der Waals surface area contributed by atoms with E-state index < -0.39 is 74.6 Å². The van der Waals surface area contributed by atoms with Crippen molar-refractivity contribution in [2.24, 2.45) is 16.7 Å². The lowest BCUT2D eigenvalue weighted by Crippen LogP contribution is -2.62. The smallest absolute Gasteiger partial charge is 0.315 e. The van der Waals surface area contributed by atoms with Crippen LogP contribution in [0.4, 0.5) is 4.79 Å². The number of amides is 5. The molecule has 5 atom stereocenters. The van der Waals surface area contributed by atoms with Gasteiger partial charge in [0.05, 0.1) is 11.8 Å². The zero-order valence-electron chi connectivity index (χ0n) is 28.6. The van der Waals surface area contributed by atoms with Crippen LogP contribution in [0.2, 0.25) is 0 Å². The fourth-order valence-electron chi connectivity index (χ4n) is 5.67. The Labute approximate surface area is 269 Å². The Hall–Kier alpha value is -2.74. The van der Waals surface area contributed by atoms with Crippen LogP contribution >= 0.6 is 0 Å². The molecule has 0 spiro atoms. The highest BCUT2D eigenvalue weighted by molar-refractivity contribution is 7.89. The molecule has 4 N–H and O–H groups in total. The normalized spacial score (nSPS) is 22.3. The maximum Gasteiger partial charge on any atom is 0.315 e. The molecule has 2 aliphatic rings. The predicted molar refractivity (Wildman–Crippen MR) is 173 cm³/mol. The van der Waals surface area contributed by atoms with Gasteiger partial charge in [0, 0.05) is 32.2 Å². The first-order valence-corrected chi connectivity index (χ1v) is 17.8. The van der Waals surface area contributed by atoms with Crippen molar-refractivity contribution in [3.8, 4) is 0 Å². The molecule has 0 aliphatic carbocycles. The summed E-state index contributed by atoms with van der Waals surface area (Å²) in [5.41, 5.74) is -1.22. The van der Waals surface area contributed by atoms with Gasteiger partial charge in [-0.05, 0) is 42.4 Å². The van der Waals surface area contributed by atoms with Crippen molar-refractivity contribution in [1.82, 2.24) is 30.5 Å². The van der Waals surface area contributed by atoms with E-state index in [1.54, 1.807) is 0 Å². The fraction of sp³-hybridized carbons (Fsp3) is 0.839. The first-order valence-electron chi connectivity index (χ1n) is 16.2. The third-order valence-electron chi connectivity index (χ3n) is 8.55. The lowest BCUT2D eigenvalue weighted by molar-refractivity contribution is -0.144. The first kappa shape index (κ1) is 38.4. The number of rotatable bonds is 13. The summed E-state index contributed by atoms with van der Waals surface area (Å²) in [6.45, 7) is 17.9. The summed E-state index contributed by atoms with van der Waals surface area (Å²) in [7, 11) is -3.38. The fourth-order valence-corrected chi connectivity index (χ4v) is 7.21. The van der Waals surface area contributed by atoms with Gasteiger partial charge in [-0.25, -0.2) is 13.2 Å². The van der Waals surface area contributed by atoms with Crippen molar-refractivity contribution >= 4 is 39.6 Å². The summed E-state index contributed by atoms with van der Waals surface area (Å²) < 4.78 is 26.3. The van der Waals surface area contributed by atoms with Gasteiger partial charge in [0.1, 0.15) is 12.1 Å². The molecular formula is C31H56N6O7S. The molecule has 0 bridgehead atoms. The summed E-state index contributed by atoms with van der Waals surface area (Å²) in [6.07, 6.45) is 2.59. The minimum atomic E-state index is -3.38. The highest BCUT2D eigenvalue weighted by Gasteiger charge is 2.46. The van der Waals surface area contributed by atoms with E-state index in [0.29, 0.717) is 38.8 Å². The summed E-state index contributed by atoms with van der Waals surface area (Å²) in [4.78, 5) is 67.8. The molecule has 2 aliphatic heterocycles. The van der Waals surface area contributed by atoms with Crippen LogP contribution < -0.4 is 21.3 Å². The number of hydrogen-bond donors (Lipinski definition) is 4. The predicted octanol–water partition coefficient (Wildman–Crippen LogP) is 1.77. The Morgan fingerprint density at radius 1 is 0.889 bits per heavy atom. The van der Waals surface area contributed by atoms with Gasteiger partial charge in [-0.3, -0.25) is 19.2 Å². The zero-order chi connectivity index (χ0) is 34.3. The quantitative estimate of drug-likeness (QED) is 0.219. The van der Waals surface area contributed by atoms with E-state index in [-0.39, 0.29) is 31.2 Å². The molecule has 14 heteroatoms. The van der Waals surface area contributed by atoms with Crippen molar-refractivity contribution in [1.29, 1.82) is 0 Å². The van der Waals surface area contributed by atoms with Crippen LogP contribution in [0, 0.1) is 16.7 Å². The number of Topliss-reactive ketones (excluding diaryl/α,β-unsaturated/α-hetero) is 1. The number of nitrogens with zero attached hydrogens (tertiary/aromatic N) is 2. The Morgan fingerprint density at radius 3 is 2.04 bits per heavy atom. The van der Waals surface area contributed by atoms with Gasteiger partial charge in [-0.15, -0.1) is 0 Å². The van der Waals surface area contributed by atoms with Crippen molar-refractivity contribution in [3.63, 3.8) is 0 Å². The molecule has 13 nitrogen and oxygen atoms in total. The van der Waals surface area contributed by atoms with Crippen molar-refractivity contribution in [2.75, 3.05) is 31.9 Å². The molecule has 1 unspecified atom stereocenters. The molecule has 2 saturated heterocycles. The number of sulfonamides is 1. The molecule has 2 heterocycles. The largest absolute Gasteiger partial charge is 0.349 e. The second-order valence-corrected chi connectivity index (χ2v) is 16.7. The van der Waals surface area contributed by atoms with E-state index in [0.717, 1.165) is 0 Å². The Morgan fingerprint density at radius 2 is 1.53 bits per heavy atom. The third kappa shape index (κ3) is 10.4. The Balaban J connectivity index is 2.24. The summed E-state index contributed by atoms with van der Waals surface area (Å²) >= 11 is 0. The number of ketones is 1. The third-order valence-corrected chi connectivity index (χ3v) is 10.5. The molecule has 5 amide bonds. The van der Waals surface area contributed by atoms with Crippen LogP contribution in [-0.2, 0) is 29.2 Å². The van der Waals surface area contributed by atoms with E-state index in [1.165, 1.54) is 9.21 Å². The lowest BCUT2D eigenvalue weighted by Gasteiger charge is -2.38. The monoisotopic (exact) mass is 656 g/mol. The average Bonchev–Trinajstić information content (AvgIpc) is 3.48. The maximum absolute atomic E-state index is 14.1. The highest BCUT2D eigenvalue weighted by atomic mass is 32.2. The minimum Gasteiger partial charge on any atom is -0.349 e. The molecule has 0 aromatic heterocycles. The van der Waals surface area contributed by atoms with Crippen LogP contribution in [0.3, 0.4) is 0 Å². The van der Waals surface area contributed by atoms with Gasteiger partial charge >= 0.3 is 6.03 Å². The Kier molecular flexibility index (Phi) is 13.4. The van der Waals surface area contributed by atoms with Gasteiger partial charge in [-0.1, -0.05) is 68.7 Å². The van der Waals surface area contributed by atoms with Crippen molar-refractivity contribution < 1.29 is 32.4 Å². The molecule has 0 aromatic rings. The molecular weight excluding hydrogens is 600 g/mol. The Bertz CT molecular complexity index is 1190. The minimum absolute atomic E-state index is 0.0824. The van der Waals surface area contributed by atoms with Crippen LogP contribution in [0.1, 0.15) is 94.4 Å². The number of nitrogens with one attached hydrogen (secondary N) is 4. The van der Waals surface area contributed by atoms with E-state index >= 15 is 0 Å².